The Morgan fingerprint density at radius 1 is 1.16 bits per heavy atom. The lowest BCUT2D eigenvalue weighted by molar-refractivity contribution is 0.0731. The second-order valence-electron chi connectivity index (χ2n) is 7.42. The smallest absolute Gasteiger partial charge is 0.141 e. The van der Waals surface area contributed by atoms with Crippen LogP contribution in [0.4, 0.5) is 4.39 Å². The fourth-order valence-electron chi connectivity index (χ4n) is 4.43. The molecule has 0 radical (unpaired) electrons. The molecule has 0 saturated carbocycles. The number of nitrogens with one attached hydrogen (secondary N) is 1. The second kappa shape index (κ2) is 6.36. The van der Waals surface area contributed by atoms with E-state index in [4.69, 9.17) is 0 Å². The van der Waals surface area contributed by atoms with Crippen LogP contribution >= 0.6 is 0 Å². The maximum atomic E-state index is 13.5. The average Bonchev–Trinajstić information content (AvgIpc) is 3.19. The molecule has 2 aromatic rings. The SMILES string of the molecule is O[C@H](c1cncc(F)c1)C12CCC(C/C=C/c3ccccc3)(CC1)N2. The van der Waals surface area contributed by atoms with Crippen molar-refractivity contribution in [1.29, 1.82) is 0 Å². The number of aliphatic hydroxyl groups is 1. The molecule has 2 aliphatic rings. The van der Waals surface area contributed by atoms with E-state index in [-0.39, 0.29) is 11.1 Å². The molecule has 2 N–H and O–H groups in total. The summed E-state index contributed by atoms with van der Waals surface area (Å²) in [5.74, 6) is -0.402. The van der Waals surface area contributed by atoms with Gasteiger partial charge in [0.25, 0.3) is 0 Å². The van der Waals surface area contributed by atoms with Gasteiger partial charge in [0.05, 0.1) is 12.3 Å². The summed E-state index contributed by atoms with van der Waals surface area (Å²) in [6.07, 6.45) is 11.2. The van der Waals surface area contributed by atoms with E-state index in [1.165, 1.54) is 17.8 Å². The zero-order valence-electron chi connectivity index (χ0n) is 14.2. The minimum Gasteiger partial charge on any atom is -0.386 e. The standard InChI is InChI=1S/C21H23FN2O/c22-18-13-17(14-23-15-18)19(25)21-11-9-20(24-21,10-12-21)8-4-7-16-5-2-1-3-6-16/h1-7,13-15,19,24-25H,8-12H2/b7-4+/t19-,20?,21?/m1/s1. The highest BCUT2D eigenvalue weighted by atomic mass is 19.1. The Kier molecular flexibility index (Phi) is 4.18. The van der Waals surface area contributed by atoms with Gasteiger partial charge in [0.15, 0.2) is 0 Å². The molecule has 4 heteroatoms. The first-order valence-electron chi connectivity index (χ1n) is 8.90. The summed E-state index contributed by atoms with van der Waals surface area (Å²) in [5, 5.41) is 14.6. The first kappa shape index (κ1) is 16.4. The molecule has 0 spiro atoms. The Balaban J connectivity index is 1.46. The Morgan fingerprint density at radius 2 is 1.92 bits per heavy atom. The third-order valence-electron chi connectivity index (χ3n) is 5.80. The van der Waals surface area contributed by atoms with E-state index in [1.54, 1.807) is 6.20 Å². The maximum absolute atomic E-state index is 13.5. The largest absolute Gasteiger partial charge is 0.386 e. The summed E-state index contributed by atoms with van der Waals surface area (Å²) in [5.41, 5.74) is 1.46. The quantitative estimate of drug-likeness (QED) is 0.866. The van der Waals surface area contributed by atoms with Crippen molar-refractivity contribution in [1.82, 2.24) is 10.3 Å². The molecule has 3 nitrogen and oxygen atoms in total. The van der Waals surface area contributed by atoms with Crippen molar-refractivity contribution in [3.8, 4) is 0 Å². The zero-order chi connectivity index (χ0) is 17.3. The van der Waals surface area contributed by atoms with Gasteiger partial charge < -0.3 is 10.4 Å². The second-order valence-corrected chi connectivity index (χ2v) is 7.42. The van der Waals surface area contributed by atoms with E-state index in [9.17, 15) is 9.50 Å². The summed E-state index contributed by atoms with van der Waals surface area (Å²) >= 11 is 0. The van der Waals surface area contributed by atoms with E-state index < -0.39 is 11.9 Å². The maximum Gasteiger partial charge on any atom is 0.141 e. The molecule has 25 heavy (non-hydrogen) atoms. The Morgan fingerprint density at radius 3 is 2.64 bits per heavy atom. The summed E-state index contributed by atoms with van der Waals surface area (Å²) < 4.78 is 13.5. The van der Waals surface area contributed by atoms with Crippen LogP contribution in [0, 0.1) is 5.82 Å². The number of nitrogens with zero attached hydrogens (tertiary/aromatic N) is 1. The van der Waals surface area contributed by atoms with Crippen LogP contribution in [0.3, 0.4) is 0 Å². The van der Waals surface area contributed by atoms with Gasteiger partial charge in [0.2, 0.25) is 0 Å². The molecule has 4 rings (SSSR count). The van der Waals surface area contributed by atoms with Gasteiger partial charge in [-0.05, 0) is 43.7 Å². The van der Waals surface area contributed by atoms with Gasteiger partial charge in [-0.2, -0.15) is 0 Å². The molecule has 0 aliphatic carbocycles. The molecule has 2 bridgehead atoms. The Labute approximate surface area is 147 Å². The Bertz CT molecular complexity index is 766. The van der Waals surface area contributed by atoms with Crippen molar-refractivity contribution in [3.63, 3.8) is 0 Å². The van der Waals surface area contributed by atoms with E-state index in [1.807, 2.05) is 18.2 Å². The molecular formula is C21H23FN2O. The van der Waals surface area contributed by atoms with Gasteiger partial charge in [-0.25, -0.2) is 4.39 Å². The molecule has 0 amide bonds. The van der Waals surface area contributed by atoms with Crippen LogP contribution < -0.4 is 5.32 Å². The molecule has 1 aromatic carbocycles. The first-order chi connectivity index (χ1) is 12.1. The van der Waals surface area contributed by atoms with Crippen molar-refractivity contribution in [3.05, 3.63) is 71.8 Å². The average molecular weight is 338 g/mol. The summed E-state index contributed by atoms with van der Waals surface area (Å²) in [6.45, 7) is 0. The van der Waals surface area contributed by atoms with Gasteiger partial charge in [0.1, 0.15) is 5.82 Å². The van der Waals surface area contributed by atoms with Gasteiger partial charge >= 0.3 is 0 Å². The van der Waals surface area contributed by atoms with Crippen molar-refractivity contribution >= 4 is 6.08 Å². The highest BCUT2D eigenvalue weighted by molar-refractivity contribution is 5.49. The summed E-state index contributed by atoms with van der Waals surface area (Å²) in [7, 11) is 0. The lowest BCUT2D eigenvalue weighted by atomic mass is 9.77. The fourth-order valence-corrected chi connectivity index (χ4v) is 4.43. The number of benzene rings is 1. The number of aliphatic hydroxyl groups excluding tert-OH is 1. The minimum absolute atomic E-state index is 0.0486. The molecule has 2 saturated heterocycles. The van der Waals surface area contributed by atoms with E-state index in [2.05, 4.69) is 34.6 Å². The monoisotopic (exact) mass is 338 g/mol. The number of hydrogen-bond donors (Lipinski definition) is 2. The molecule has 3 heterocycles. The number of fused-ring (bicyclic) bond motifs is 2. The molecule has 1 aromatic heterocycles. The van der Waals surface area contributed by atoms with Gasteiger partial charge in [-0.3, -0.25) is 4.98 Å². The molecule has 2 fully saturated rings. The number of rotatable bonds is 5. The Hall–Kier alpha value is -2.04. The highest BCUT2D eigenvalue weighted by Crippen LogP contribution is 2.51. The van der Waals surface area contributed by atoms with Crippen LogP contribution in [0.1, 0.15) is 49.3 Å². The van der Waals surface area contributed by atoms with Crippen LogP contribution in [0.2, 0.25) is 0 Å². The normalized spacial score (nSPS) is 29.4. The van der Waals surface area contributed by atoms with Crippen LogP contribution in [-0.4, -0.2) is 21.2 Å². The number of pyridine rings is 1. The molecule has 1 atom stereocenters. The van der Waals surface area contributed by atoms with Gasteiger partial charge in [0, 0.05) is 22.8 Å². The molecule has 130 valence electrons. The van der Waals surface area contributed by atoms with E-state index in [0.717, 1.165) is 32.1 Å². The van der Waals surface area contributed by atoms with Crippen molar-refractivity contribution in [2.45, 2.75) is 49.3 Å². The minimum atomic E-state index is -0.724. The van der Waals surface area contributed by atoms with Crippen LogP contribution in [0.15, 0.2) is 54.9 Å². The lowest BCUT2D eigenvalue weighted by Crippen LogP contribution is -2.46. The first-order valence-corrected chi connectivity index (χ1v) is 8.90. The van der Waals surface area contributed by atoms with E-state index >= 15 is 0 Å². The van der Waals surface area contributed by atoms with Crippen molar-refractivity contribution in [2.24, 2.45) is 0 Å². The topological polar surface area (TPSA) is 45.2 Å². The van der Waals surface area contributed by atoms with Gasteiger partial charge in [-0.1, -0.05) is 42.5 Å². The summed E-state index contributed by atoms with van der Waals surface area (Å²) in [4.78, 5) is 3.88. The molecule has 2 aliphatic heterocycles. The fraction of sp³-hybridized carbons (Fsp3) is 0.381. The number of aromatic nitrogens is 1. The van der Waals surface area contributed by atoms with Crippen LogP contribution in [0.5, 0.6) is 0 Å². The molecule has 0 unspecified atom stereocenters. The van der Waals surface area contributed by atoms with Crippen LogP contribution in [-0.2, 0) is 0 Å². The number of hydrogen-bond acceptors (Lipinski definition) is 3. The third-order valence-corrected chi connectivity index (χ3v) is 5.80. The van der Waals surface area contributed by atoms with Crippen LogP contribution in [0.25, 0.3) is 6.08 Å². The predicted octanol–water partition coefficient (Wildman–Crippen LogP) is 4.01. The predicted molar refractivity (Wildman–Crippen MR) is 96.3 cm³/mol. The molecular weight excluding hydrogens is 315 g/mol. The van der Waals surface area contributed by atoms with Crippen molar-refractivity contribution in [2.75, 3.05) is 0 Å². The zero-order valence-corrected chi connectivity index (χ0v) is 14.2. The summed E-state index contributed by atoms with van der Waals surface area (Å²) in [6, 6.07) is 11.7. The highest BCUT2D eigenvalue weighted by Gasteiger charge is 2.56. The number of halogens is 1. The lowest BCUT2D eigenvalue weighted by Gasteiger charge is -2.32. The van der Waals surface area contributed by atoms with Crippen molar-refractivity contribution < 1.29 is 9.50 Å². The van der Waals surface area contributed by atoms with E-state index in [0.29, 0.717) is 5.56 Å². The third kappa shape index (κ3) is 3.12. The van der Waals surface area contributed by atoms with Gasteiger partial charge in [-0.15, -0.1) is 0 Å².